The molecule has 1 heterocycles. The highest BCUT2D eigenvalue weighted by molar-refractivity contribution is 5.96. The Balaban J connectivity index is 1.90. The lowest BCUT2D eigenvalue weighted by atomic mass is 10.2. The molecule has 2 aromatic carbocycles. The van der Waals surface area contributed by atoms with Gasteiger partial charge in [0.2, 0.25) is 5.91 Å². The summed E-state index contributed by atoms with van der Waals surface area (Å²) in [5, 5.41) is 3.71. The van der Waals surface area contributed by atoms with Gasteiger partial charge in [0.05, 0.1) is 18.3 Å². The van der Waals surface area contributed by atoms with Crippen LogP contribution < -0.4 is 15.8 Å². The van der Waals surface area contributed by atoms with Crippen molar-refractivity contribution in [3.63, 3.8) is 0 Å². The van der Waals surface area contributed by atoms with E-state index < -0.39 is 0 Å². The lowest BCUT2D eigenvalue weighted by Gasteiger charge is -2.05. The first-order valence-electron chi connectivity index (χ1n) is 8.94. The second-order valence-electron chi connectivity index (χ2n) is 6.20. The van der Waals surface area contributed by atoms with Crippen LogP contribution >= 0.6 is 0 Å². The molecule has 0 fully saturated rings. The molecule has 0 spiro atoms. The molecule has 0 bridgehead atoms. The van der Waals surface area contributed by atoms with Crippen LogP contribution in [-0.4, -0.2) is 31.3 Å². The number of methoxy groups -OCH3 is 2. The summed E-state index contributed by atoms with van der Waals surface area (Å²) in [4.78, 5) is 11.6. The predicted octanol–water partition coefficient (Wildman–Crippen LogP) is 3.24. The molecule has 28 heavy (non-hydrogen) atoms. The van der Waals surface area contributed by atoms with Crippen LogP contribution in [0.5, 0.6) is 5.75 Å². The van der Waals surface area contributed by atoms with Crippen LogP contribution in [0.3, 0.4) is 0 Å². The predicted molar refractivity (Wildman–Crippen MR) is 112 cm³/mol. The number of nitrogens with zero attached hydrogens (tertiary/aromatic N) is 1. The molecule has 3 aromatic rings. The maximum absolute atomic E-state index is 11.6. The van der Waals surface area contributed by atoms with Gasteiger partial charge in [-0.1, -0.05) is 5.92 Å². The number of fused-ring (bicyclic) bond motifs is 1. The summed E-state index contributed by atoms with van der Waals surface area (Å²) in [6.45, 7) is 2.82. The molecule has 3 N–H and O–H groups in total. The molecule has 0 atom stereocenters. The number of nitrogen functional groups attached to an aromatic ring is 1. The highest BCUT2D eigenvalue weighted by Gasteiger charge is 2.13. The molecule has 1 aromatic heterocycles. The Morgan fingerprint density at radius 1 is 1.14 bits per heavy atom. The van der Waals surface area contributed by atoms with Crippen molar-refractivity contribution >= 4 is 28.2 Å². The van der Waals surface area contributed by atoms with Gasteiger partial charge < -0.3 is 25.1 Å². The van der Waals surface area contributed by atoms with E-state index in [-0.39, 0.29) is 12.5 Å². The summed E-state index contributed by atoms with van der Waals surface area (Å²) in [5.74, 6) is 6.93. The Morgan fingerprint density at radius 2 is 1.89 bits per heavy atom. The number of amides is 1. The summed E-state index contributed by atoms with van der Waals surface area (Å²) >= 11 is 0. The van der Waals surface area contributed by atoms with Crippen molar-refractivity contribution in [2.24, 2.45) is 0 Å². The van der Waals surface area contributed by atoms with Crippen LogP contribution in [0.2, 0.25) is 0 Å². The second-order valence-corrected chi connectivity index (χ2v) is 6.20. The number of aromatic nitrogens is 1. The summed E-state index contributed by atoms with van der Waals surface area (Å²) in [6, 6.07) is 13.1. The molecule has 0 aliphatic carbocycles. The molecular weight excluding hydrogens is 354 g/mol. The molecule has 0 saturated heterocycles. The first kappa shape index (κ1) is 19.3. The normalized spacial score (nSPS) is 10.4. The van der Waals surface area contributed by atoms with Gasteiger partial charge in [-0.25, -0.2) is 0 Å². The van der Waals surface area contributed by atoms with E-state index in [1.807, 2.05) is 30.3 Å². The van der Waals surface area contributed by atoms with Gasteiger partial charge in [-0.05, 0) is 49.2 Å². The number of carbonyl (C=O) groups excluding carboxylic acids is 1. The largest absolute Gasteiger partial charge is 0.497 e. The van der Waals surface area contributed by atoms with Crippen LogP contribution in [0, 0.1) is 11.8 Å². The quantitative estimate of drug-likeness (QED) is 0.669. The SMILES string of the molecule is CCn1c(C#Cc2ccc(NC(=O)COC)cc2)c(N)c2ccc(OC)cc21. The Labute approximate surface area is 164 Å². The minimum absolute atomic E-state index is 0.0210. The average Bonchev–Trinajstić information content (AvgIpc) is 2.98. The van der Waals surface area contributed by atoms with E-state index >= 15 is 0 Å². The van der Waals surface area contributed by atoms with Gasteiger partial charge >= 0.3 is 0 Å². The van der Waals surface area contributed by atoms with E-state index in [2.05, 4.69) is 28.6 Å². The molecule has 0 unspecified atom stereocenters. The van der Waals surface area contributed by atoms with Gasteiger partial charge in [0.15, 0.2) is 0 Å². The number of benzene rings is 2. The average molecular weight is 377 g/mol. The zero-order chi connectivity index (χ0) is 20.1. The molecule has 6 heteroatoms. The second kappa shape index (κ2) is 8.51. The van der Waals surface area contributed by atoms with E-state index in [0.717, 1.165) is 34.5 Å². The Morgan fingerprint density at radius 3 is 2.54 bits per heavy atom. The van der Waals surface area contributed by atoms with Crippen molar-refractivity contribution in [1.29, 1.82) is 0 Å². The molecule has 0 radical (unpaired) electrons. The highest BCUT2D eigenvalue weighted by Crippen LogP contribution is 2.31. The highest BCUT2D eigenvalue weighted by atomic mass is 16.5. The van der Waals surface area contributed by atoms with Crippen LogP contribution in [0.25, 0.3) is 10.9 Å². The van der Waals surface area contributed by atoms with E-state index in [4.69, 9.17) is 15.2 Å². The molecule has 0 saturated carbocycles. The number of anilines is 2. The van der Waals surface area contributed by atoms with Crippen molar-refractivity contribution in [3.8, 4) is 17.6 Å². The number of nitrogens with two attached hydrogens (primary N) is 1. The van der Waals surface area contributed by atoms with E-state index in [1.165, 1.54) is 7.11 Å². The van der Waals surface area contributed by atoms with Gasteiger partial charge in [-0.15, -0.1) is 0 Å². The van der Waals surface area contributed by atoms with Gasteiger partial charge in [0, 0.05) is 36.4 Å². The summed E-state index contributed by atoms with van der Waals surface area (Å²) < 4.78 is 12.2. The molecule has 0 aliphatic rings. The number of ether oxygens (including phenoxy) is 2. The van der Waals surface area contributed by atoms with Crippen LogP contribution in [0.1, 0.15) is 18.2 Å². The summed E-state index contributed by atoms with van der Waals surface area (Å²) in [5.41, 5.74) is 10.3. The van der Waals surface area contributed by atoms with Gasteiger partial charge in [-0.2, -0.15) is 0 Å². The lowest BCUT2D eigenvalue weighted by molar-refractivity contribution is -0.119. The molecule has 0 aliphatic heterocycles. The first-order valence-corrected chi connectivity index (χ1v) is 8.94. The molecule has 1 amide bonds. The van der Waals surface area contributed by atoms with Crippen molar-refractivity contribution in [1.82, 2.24) is 4.57 Å². The van der Waals surface area contributed by atoms with E-state index in [9.17, 15) is 4.79 Å². The standard InChI is InChI=1S/C22H23N3O3/c1-4-25-19(22(23)18-11-10-17(28-3)13-20(18)25)12-7-15-5-8-16(9-6-15)24-21(26)14-27-2/h5-6,8-11,13H,4,14,23H2,1-3H3,(H,24,26). The molecular formula is C22H23N3O3. The van der Waals surface area contributed by atoms with Crippen molar-refractivity contribution in [3.05, 3.63) is 53.7 Å². The van der Waals surface area contributed by atoms with Gasteiger partial charge in [0.25, 0.3) is 0 Å². The van der Waals surface area contributed by atoms with E-state index in [0.29, 0.717) is 11.4 Å². The summed E-state index contributed by atoms with van der Waals surface area (Å²) in [6.07, 6.45) is 0. The number of rotatable bonds is 5. The van der Waals surface area contributed by atoms with E-state index in [1.54, 1.807) is 19.2 Å². The number of hydrogen-bond donors (Lipinski definition) is 2. The number of aryl methyl sites for hydroxylation is 1. The lowest BCUT2D eigenvalue weighted by Crippen LogP contribution is -2.16. The van der Waals surface area contributed by atoms with Crippen molar-refractivity contribution < 1.29 is 14.3 Å². The van der Waals surface area contributed by atoms with Crippen LogP contribution in [-0.2, 0) is 16.1 Å². The van der Waals surface area contributed by atoms with Gasteiger partial charge in [-0.3, -0.25) is 4.79 Å². The maximum Gasteiger partial charge on any atom is 0.250 e. The topological polar surface area (TPSA) is 78.5 Å². The van der Waals surface area contributed by atoms with Crippen LogP contribution in [0.4, 0.5) is 11.4 Å². The zero-order valence-electron chi connectivity index (χ0n) is 16.2. The third-order valence-electron chi connectivity index (χ3n) is 4.40. The Bertz CT molecular complexity index is 1060. The Hall–Kier alpha value is -3.43. The fraction of sp³-hybridized carbons (Fsp3) is 0.227. The first-order chi connectivity index (χ1) is 13.6. The minimum Gasteiger partial charge on any atom is -0.497 e. The van der Waals surface area contributed by atoms with Crippen molar-refractivity contribution in [2.45, 2.75) is 13.5 Å². The third kappa shape index (κ3) is 3.95. The number of nitrogens with one attached hydrogen (secondary N) is 1. The third-order valence-corrected chi connectivity index (χ3v) is 4.40. The molecule has 3 rings (SSSR count). The summed E-state index contributed by atoms with van der Waals surface area (Å²) in [7, 11) is 3.13. The molecule has 6 nitrogen and oxygen atoms in total. The van der Waals surface area contributed by atoms with Crippen molar-refractivity contribution in [2.75, 3.05) is 31.9 Å². The minimum atomic E-state index is -0.197. The number of hydrogen-bond acceptors (Lipinski definition) is 4. The fourth-order valence-corrected chi connectivity index (χ4v) is 3.04. The van der Waals surface area contributed by atoms with Gasteiger partial charge in [0.1, 0.15) is 18.1 Å². The molecule has 144 valence electrons. The number of carbonyl (C=O) groups is 1. The maximum atomic E-state index is 11.6. The fourth-order valence-electron chi connectivity index (χ4n) is 3.04. The smallest absolute Gasteiger partial charge is 0.250 e. The monoisotopic (exact) mass is 377 g/mol. The zero-order valence-corrected chi connectivity index (χ0v) is 16.2. The van der Waals surface area contributed by atoms with Crippen LogP contribution in [0.15, 0.2) is 42.5 Å². The Kier molecular flexibility index (Phi) is 5.87.